The zero-order valence-corrected chi connectivity index (χ0v) is 31.2. The number of nitrogens with zero attached hydrogens (tertiary/aromatic N) is 1. The lowest BCUT2D eigenvalue weighted by Crippen LogP contribution is -2.49. The molecule has 1 aliphatic rings. The molecular formula is C42H58N4O7. The topological polar surface area (TPSA) is 127 Å². The van der Waals surface area contributed by atoms with Crippen LogP contribution in [-0.4, -0.2) is 94.9 Å². The van der Waals surface area contributed by atoms with Crippen LogP contribution in [0.15, 0.2) is 91.0 Å². The van der Waals surface area contributed by atoms with E-state index in [0.29, 0.717) is 64.9 Å². The lowest BCUT2D eigenvalue weighted by atomic mass is 9.89. The molecule has 3 N–H and O–H groups in total. The molecule has 4 rings (SSSR count). The molecule has 0 aromatic heterocycles. The largest absolute Gasteiger partial charge is 0.461 e. The van der Waals surface area contributed by atoms with Gasteiger partial charge in [-0.1, -0.05) is 91.0 Å². The van der Waals surface area contributed by atoms with Gasteiger partial charge in [0.15, 0.2) is 0 Å². The summed E-state index contributed by atoms with van der Waals surface area (Å²) in [7, 11) is 1.60. The monoisotopic (exact) mass is 730 g/mol. The number of nitrogens with one attached hydrogen (secondary N) is 3. The molecule has 3 aromatic carbocycles. The number of benzene rings is 3. The van der Waals surface area contributed by atoms with Gasteiger partial charge in [-0.25, -0.2) is 0 Å². The highest BCUT2D eigenvalue weighted by atomic mass is 16.5. The number of methoxy groups -OCH3 is 1. The zero-order valence-electron chi connectivity index (χ0n) is 31.2. The van der Waals surface area contributed by atoms with Gasteiger partial charge in [0.05, 0.1) is 11.8 Å². The molecule has 3 aromatic rings. The highest BCUT2D eigenvalue weighted by molar-refractivity contribution is 5.76. The molecule has 53 heavy (non-hydrogen) atoms. The first-order valence-corrected chi connectivity index (χ1v) is 19.0. The van der Waals surface area contributed by atoms with Gasteiger partial charge in [0.25, 0.3) is 0 Å². The Morgan fingerprint density at radius 3 is 1.34 bits per heavy atom. The Morgan fingerprint density at radius 2 is 0.906 bits per heavy atom. The molecule has 11 heteroatoms. The third kappa shape index (κ3) is 16.2. The molecule has 288 valence electrons. The standard InChI is InChI=1S/C42H58N4O7/c1-50-30-21-38(41(48)52-32-35-13-7-3-8-14-35)18-17-37(40(47)51-31-34-11-5-2-6-12-34)19-20-39(42(49)53-33-36-15-9-4-10-16-36)46-28-26-44-24-22-43-23-25-45-27-29-46/h2-16,37-39,43-45H,17-33H2,1H3. The first-order valence-electron chi connectivity index (χ1n) is 19.0. The number of carbonyl (C=O) groups is 3. The van der Waals surface area contributed by atoms with Gasteiger partial charge in [-0.3, -0.25) is 19.3 Å². The molecule has 3 unspecified atom stereocenters. The summed E-state index contributed by atoms with van der Waals surface area (Å²) in [6.45, 7) is 6.94. The SMILES string of the molecule is COCCC(CCC(CCC(C(=O)OCc1ccccc1)N1CCNCCNCCNCC1)C(=O)OCc1ccccc1)C(=O)OCc1ccccc1. The predicted octanol–water partition coefficient (Wildman–Crippen LogP) is 4.50. The Kier molecular flexibility index (Phi) is 19.6. The fraction of sp³-hybridized carbons (Fsp3) is 0.500. The summed E-state index contributed by atoms with van der Waals surface area (Å²) in [6.07, 6.45) is 2.05. The molecule has 1 fully saturated rings. The summed E-state index contributed by atoms with van der Waals surface area (Å²) < 4.78 is 22.9. The molecule has 1 aliphatic heterocycles. The number of rotatable bonds is 19. The molecule has 1 saturated heterocycles. The predicted molar refractivity (Wildman–Crippen MR) is 205 cm³/mol. The van der Waals surface area contributed by atoms with Gasteiger partial charge >= 0.3 is 17.9 Å². The Hall–Kier alpha value is -4.13. The number of esters is 3. The second kappa shape index (κ2) is 25.0. The highest BCUT2D eigenvalue weighted by Crippen LogP contribution is 2.25. The van der Waals surface area contributed by atoms with E-state index in [9.17, 15) is 14.4 Å². The number of ether oxygens (including phenoxy) is 4. The second-order valence-corrected chi connectivity index (χ2v) is 13.4. The summed E-state index contributed by atoms with van der Waals surface area (Å²) >= 11 is 0. The summed E-state index contributed by atoms with van der Waals surface area (Å²) in [5.74, 6) is -2.00. The van der Waals surface area contributed by atoms with Crippen LogP contribution in [0.3, 0.4) is 0 Å². The molecule has 3 atom stereocenters. The third-order valence-corrected chi connectivity index (χ3v) is 9.48. The van der Waals surface area contributed by atoms with Crippen LogP contribution in [0.4, 0.5) is 0 Å². The van der Waals surface area contributed by atoms with Gasteiger partial charge in [-0.2, -0.15) is 0 Å². The summed E-state index contributed by atoms with van der Waals surface area (Å²) in [5, 5.41) is 10.4. The number of hydrogen-bond donors (Lipinski definition) is 3. The Labute approximate surface area is 315 Å². The first kappa shape index (κ1) is 41.6. The molecule has 0 bridgehead atoms. The molecule has 0 saturated carbocycles. The van der Waals surface area contributed by atoms with Crippen molar-refractivity contribution in [3.63, 3.8) is 0 Å². The minimum Gasteiger partial charge on any atom is -0.461 e. The van der Waals surface area contributed by atoms with Crippen molar-refractivity contribution in [2.75, 3.05) is 66.1 Å². The van der Waals surface area contributed by atoms with Crippen LogP contribution in [0.5, 0.6) is 0 Å². The molecule has 0 spiro atoms. The van der Waals surface area contributed by atoms with Crippen molar-refractivity contribution in [2.24, 2.45) is 11.8 Å². The molecule has 0 amide bonds. The normalized spacial score (nSPS) is 16.2. The Balaban J connectivity index is 1.50. The molecule has 0 radical (unpaired) electrons. The van der Waals surface area contributed by atoms with Gasteiger partial charge < -0.3 is 34.9 Å². The average molecular weight is 731 g/mol. The fourth-order valence-corrected chi connectivity index (χ4v) is 6.35. The van der Waals surface area contributed by atoms with E-state index >= 15 is 0 Å². The molecule has 11 nitrogen and oxygen atoms in total. The van der Waals surface area contributed by atoms with Crippen LogP contribution in [-0.2, 0) is 53.2 Å². The van der Waals surface area contributed by atoms with Gasteiger partial charge in [0, 0.05) is 66.1 Å². The van der Waals surface area contributed by atoms with Crippen molar-refractivity contribution in [1.82, 2.24) is 20.9 Å². The van der Waals surface area contributed by atoms with Crippen LogP contribution in [0, 0.1) is 11.8 Å². The van der Waals surface area contributed by atoms with Crippen molar-refractivity contribution in [3.05, 3.63) is 108 Å². The van der Waals surface area contributed by atoms with E-state index in [2.05, 4.69) is 20.9 Å². The molecule has 1 heterocycles. The van der Waals surface area contributed by atoms with Crippen molar-refractivity contribution in [3.8, 4) is 0 Å². The zero-order chi connectivity index (χ0) is 37.4. The fourth-order valence-electron chi connectivity index (χ4n) is 6.35. The molecular weight excluding hydrogens is 672 g/mol. The summed E-state index contributed by atoms with van der Waals surface area (Å²) in [5.41, 5.74) is 2.70. The third-order valence-electron chi connectivity index (χ3n) is 9.48. The maximum Gasteiger partial charge on any atom is 0.323 e. The maximum absolute atomic E-state index is 13.9. The van der Waals surface area contributed by atoms with Crippen LogP contribution in [0.1, 0.15) is 48.8 Å². The minimum atomic E-state index is -0.576. The van der Waals surface area contributed by atoms with E-state index in [0.717, 1.165) is 42.9 Å². The minimum absolute atomic E-state index is 0.142. The lowest BCUT2D eigenvalue weighted by molar-refractivity contribution is -0.155. The van der Waals surface area contributed by atoms with Crippen LogP contribution in [0.2, 0.25) is 0 Å². The highest BCUT2D eigenvalue weighted by Gasteiger charge is 2.31. The van der Waals surface area contributed by atoms with Crippen LogP contribution >= 0.6 is 0 Å². The Bertz CT molecular complexity index is 1440. The van der Waals surface area contributed by atoms with Crippen molar-refractivity contribution in [2.45, 2.75) is 58.0 Å². The quantitative estimate of drug-likeness (QED) is 0.119. The van der Waals surface area contributed by atoms with Crippen LogP contribution < -0.4 is 16.0 Å². The van der Waals surface area contributed by atoms with Crippen molar-refractivity contribution >= 4 is 17.9 Å². The van der Waals surface area contributed by atoms with E-state index in [-0.39, 0.29) is 37.7 Å². The average Bonchev–Trinajstić information content (AvgIpc) is 3.19. The van der Waals surface area contributed by atoms with Gasteiger partial charge in [0.1, 0.15) is 25.9 Å². The van der Waals surface area contributed by atoms with Crippen molar-refractivity contribution < 1.29 is 33.3 Å². The van der Waals surface area contributed by atoms with Crippen molar-refractivity contribution in [1.29, 1.82) is 0 Å². The van der Waals surface area contributed by atoms with Crippen LogP contribution in [0.25, 0.3) is 0 Å². The maximum atomic E-state index is 13.9. The lowest BCUT2D eigenvalue weighted by Gasteiger charge is -2.32. The van der Waals surface area contributed by atoms with E-state index in [1.807, 2.05) is 91.0 Å². The second-order valence-electron chi connectivity index (χ2n) is 13.4. The smallest absolute Gasteiger partial charge is 0.323 e. The van der Waals surface area contributed by atoms with Gasteiger partial charge in [0.2, 0.25) is 0 Å². The van der Waals surface area contributed by atoms with E-state index in [1.54, 1.807) is 7.11 Å². The van der Waals surface area contributed by atoms with E-state index in [1.165, 1.54) is 0 Å². The number of hydrogen-bond acceptors (Lipinski definition) is 11. The summed E-state index contributed by atoms with van der Waals surface area (Å²) in [6, 6.07) is 28.2. The van der Waals surface area contributed by atoms with E-state index in [4.69, 9.17) is 18.9 Å². The summed E-state index contributed by atoms with van der Waals surface area (Å²) in [4.78, 5) is 43.3. The van der Waals surface area contributed by atoms with Gasteiger partial charge in [-0.15, -0.1) is 0 Å². The molecule has 0 aliphatic carbocycles. The number of carbonyl (C=O) groups excluding carboxylic acids is 3. The Morgan fingerprint density at radius 1 is 0.528 bits per heavy atom. The van der Waals surface area contributed by atoms with Gasteiger partial charge in [-0.05, 0) is 48.8 Å². The first-order chi connectivity index (χ1) is 26.0. The van der Waals surface area contributed by atoms with E-state index < -0.39 is 17.9 Å².